The lowest BCUT2D eigenvalue weighted by molar-refractivity contribution is 0.305. The molecule has 0 spiro atoms. The monoisotopic (exact) mass is 483 g/mol. The molecule has 0 amide bonds. The molecule has 0 bridgehead atoms. The standard InChI is InChI=1S/C23H22BrN3O2S/c1-2-3-4-7-14-29-18-12-10-16(11-13-18)21-25-23-27(26-21)22(28)20(30-23)15-17-8-5-6-9-19(17)24/h5-6,8-13,15H,2-4,7,14H2,1H3/b20-15+. The highest BCUT2D eigenvalue weighted by Crippen LogP contribution is 2.21. The molecule has 5 nitrogen and oxygen atoms in total. The van der Waals surface area contributed by atoms with Gasteiger partial charge < -0.3 is 4.74 Å². The number of aromatic nitrogens is 3. The zero-order valence-electron chi connectivity index (χ0n) is 16.7. The van der Waals surface area contributed by atoms with Crippen LogP contribution in [-0.2, 0) is 0 Å². The molecule has 7 heteroatoms. The van der Waals surface area contributed by atoms with Gasteiger partial charge in [0.25, 0.3) is 5.56 Å². The molecule has 2 aromatic heterocycles. The molecule has 0 radical (unpaired) electrons. The van der Waals surface area contributed by atoms with Gasteiger partial charge in [0.05, 0.1) is 11.1 Å². The van der Waals surface area contributed by atoms with Gasteiger partial charge in [-0.25, -0.2) is 0 Å². The third-order valence-corrected chi connectivity index (χ3v) is 6.43. The maximum absolute atomic E-state index is 12.7. The highest BCUT2D eigenvalue weighted by Gasteiger charge is 2.12. The van der Waals surface area contributed by atoms with E-state index in [1.165, 1.54) is 35.1 Å². The predicted molar refractivity (Wildman–Crippen MR) is 125 cm³/mol. The maximum atomic E-state index is 12.7. The molecule has 30 heavy (non-hydrogen) atoms. The molecule has 0 saturated carbocycles. The van der Waals surface area contributed by atoms with Crippen molar-refractivity contribution < 1.29 is 4.74 Å². The molecule has 0 aliphatic carbocycles. The molecule has 0 N–H and O–H groups in total. The molecule has 0 fully saturated rings. The van der Waals surface area contributed by atoms with E-state index in [0.29, 0.717) is 15.3 Å². The van der Waals surface area contributed by atoms with Crippen molar-refractivity contribution in [2.75, 3.05) is 6.61 Å². The normalized spacial score (nSPS) is 12.0. The van der Waals surface area contributed by atoms with E-state index >= 15 is 0 Å². The average molecular weight is 484 g/mol. The van der Waals surface area contributed by atoms with Crippen molar-refractivity contribution in [3.05, 3.63) is 73.5 Å². The lowest BCUT2D eigenvalue weighted by Crippen LogP contribution is -2.23. The molecule has 0 unspecified atom stereocenters. The van der Waals surface area contributed by atoms with Gasteiger partial charge in [-0.1, -0.05) is 71.7 Å². The summed E-state index contributed by atoms with van der Waals surface area (Å²) in [5.74, 6) is 1.38. The summed E-state index contributed by atoms with van der Waals surface area (Å²) in [6.45, 7) is 2.93. The molecule has 0 atom stereocenters. The quantitative estimate of drug-likeness (QED) is 0.327. The third-order valence-electron chi connectivity index (χ3n) is 4.75. The zero-order chi connectivity index (χ0) is 20.9. The van der Waals surface area contributed by atoms with Crippen molar-refractivity contribution in [2.45, 2.75) is 32.6 Å². The van der Waals surface area contributed by atoms with Crippen molar-refractivity contribution >= 4 is 38.3 Å². The van der Waals surface area contributed by atoms with Gasteiger partial charge in [-0.05, 0) is 48.4 Å². The Labute approximate surface area is 187 Å². The van der Waals surface area contributed by atoms with Crippen LogP contribution in [0.2, 0.25) is 0 Å². The van der Waals surface area contributed by atoms with Crippen LogP contribution in [0.1, 0.15) is 38.2 Å². The van der Waals surface area contributed by atoms with Crippen molar-refractivity contribution in [1.82, 2.24) is 14.6 Å². The summed E-state index contributed by atoms with van der Waals surface area (Å²) in [7, 11) is 0. The molecule has 0 aliphatic rings. The zero-order valence-corrected chi connectivity index (χ0v) is 19.1. The second-order valence-corrected chi connectivity index (χ2v) is 8.86. The first kappa shape index (κ1) is 20.8. The van der Waals surface area contributed by atoms with Gasteiger partial charge in [0, 0.05) is 10.0 Å². The fraction of sp³-hybridized carbons (Fsp3) is 0.261. The molecule has 4 aromatic rings. The van der Waals surface area contributed by atoms with E-state index < -0.39 is 0 Å². The van der Waals surface area contributed by atoms with E-state index in [-0.39, 0.29) is 5.56 Å². The van der Waals surface area contributed by atoms with Crippen LogP contribution in [0.3, 0.4) is 0 Å². The maximum Gasteiger partial charge on any atom is 0.291 e. The summed E-state index contributed by atoms with van der Waals surface area (Å²) in [5, 5.41) is 4.42. The van der Waals surface area contributed by atoms with E-state index in [0.717, 1.165) is 34.4 Å². The largest absolute Gasteiger partial charge is 0.494 e. The van der Waals surface area contributed by atoms with Crippen molar-refractivity contribution in [3.8, 4) is 17.1 Å². The van der Waals surface area contributed by atoms with E-state index in [2.05, 4.69) is 32.9 Å². The number of halogens is 1. The van der Waals surface area contributed by atoms with Crippen LogP contribution in [0.5, 0.6) is 5.75 Å². The van der Waals surface area contributed by atoms with Crippen LogP contribution in [0.15, 0.2) is 57.8 Å². The summed E-state index contributed by atoms with van der Waals surface area (Å²) in [5.41, 5.74) is 1.65. The third kappa shape index (κ3) is 4.63. The van der Waals surface area contributed by atoms with Crippen LogP contribution in [-0.4, -0.2) is 21.2 Å². The van der Waals surface area contributed by atoms with Gasteiger partial charge >= 0.3 is 0 Å². The van der Waals surface area contributed by atoms with E-state index in [4.69, 9.17) is 4.74 Å². The Morgan fingerprint density at radius 1 is 1.10 bits per heavy atom. The molecule has 2 aromatic carbocycles. The fourth-order valence-corrected chi connectivity index (χ4v) is 4.41. The Kier molecular flexibility index (Phi) is 6.59. The van der Waals surface area contributed by atoms with Gasteiger partial charge in [-0.2, -0.15) is 9.50 Å². The van der Waals surface area contributed by atoms with Gasteiger partial charge in [-0.3, -0.25) is 4.79 Å². The summed E-state index contributed by atoms with van der Waals surface area (Å²) in [6.07, 6.45) is 6.59. The Balaban J connectivity index is 1.52. The smallest absolute Gasteiger partial charge is 0.291 e. The molecule has 154 valence electrons. The topological polar surface area (TPSA) is 56.5 Å². The highest BCUT2D eigenvalue weighted by molar-refractivity contribution is 9.10. The number of unbranched alkanes of at least 4 members (excludes halogenated alkanes) is 3. The summed E-state index contributed by atoms with van der Waals surface area (Å²) in [6, 6.07) is 15.5. The molecule has 0 saturated heterocycles. The van der Waals surface area contributed by atoms with Crippen LogP contribution in [0, 0.1) is 0 Å². The van der Waals surface area contributed by atoms with Crippen LogP contribution in [0.4, 0.5) is 0 Å². The van der Waals surface area contributed by atoms with Crippen molar-refractivity contribution in [2.24, 2.45) is 0 Å². The minimum atomic E-state index is -0.156. The molecule has 4 rings (SSSR count). The summed E-state index contributed by atoms with van der Waals surface area (Å²) < 4.78 is 8.71. The van der Waals surface area contributed by atoms with E-state index in [1.807, 2.05) is 54.6 Å². The van der Waals surface area contributed by atoms with Gasteiger partial charge in [0.15, 0.2) is 5.82 Å². The minimum absolute atomic E-state index is 0.156. The van der Waals surface area contributed by atoms with Gasteiger partial charge in [0.2, 0.25) is 4.96 Å². The number of fused-ring (bicyclic) bond motifs is 1. The predicted octanol–water partition coefficient (Wildman–Crippen LogP) is 5.09. The molecular weight excluding hydrogens is 462 g/mol. The van der Waals surface area contributed by atoms with E-state index in [9.17, 15) is 4.79 Å². The first-order valence-corrected chi connectivity index (χ1v) is 11.7. The fourth-order valence-electron chi connectivity index (χ4n) is 3.11. The van der Waals surface area contributed by atoms with Crippen LogP contribution >= 0.6 is 27.3 Å². The van der Waals surface area contributed by atoms with Gasteiger partial charge in [-0.15, -0.1) is 5.10 Å². The Morgan fingerprint density at radius 2 is 1.90 bits per heavy atom. The first-order chi connectivity index (χ1) is 14.7. The second-order valence-electron chi connectivity index (χ2n) is 7.00. The Hall–Kier alpha value is -2.51. The molecule has 2 heterocycles. The number of rotatable bonds is 8. The number of benzene rings is 2. The van der Waals surface area contributed by atoms with Crippen molar-refractivity contribution in [3.63, 3.8) is 0 Å². The Bertz CT molecular complexity index is 1250. The van der Waals surface area contributed by atoms with E-state index in [1.54, 1.807) is 0 Å². The second kappa shape index (κ2) is 9.53. The van der Waals surface area contributed by atoms with Gasteiger partial charge in [0.1, 0.15) is 5.75 Å². The minimum Gasteiger partial charge on any atom is -0.494 e. The van der Waals surface area contributed by atoms with Crippen LogP contribution < -0.4 is 14.8 Å². The highest BCUT2D eigenvalue weighted by atomic mass is 79.9. The summed E-state index contributed by atoms with van der Waals surface area (Å²) in [4.78, 5) is 17.9. The van der Waals surface area contributed by atoms with Crippen LogP contribution in [0.25, 0.3) is 22.4 Å². The first-order valence-electron chi connectivity index (χ1n) is 10.0. The number of thiazole rings is 1. The number of hydrogen-bond donors (Lipinski definition) is 0. The SMILES string of the molecule is CCCCCCOc1ccc(-c2nc3s/c(=C/c4ccccc4Br)c(=O)n3n2)cc1. The Morgan fingerprint density at radius 3 is 2.63 bits per heavy atom. The van der Waals surface area contributed by atoms with Crippen molar-refractivity contribution in [1.29, 1.82) is 0 Å². The molecule has 0 aliphatic heterocycles. The summed E-state index contributed by atoms with van der Waals surface area (Å²) >= 11 is 4.85. The lowest BCUT2D eigenvalue weighted by Gasteiger charge is -2.06. The lowest BCUT2D eigenvalue weighted by atomic mass is 10.2. The number of ether oxygens (including phenoxy) is 1. The number of nitrogens with zero attached hydrogens (tertiary/aromatic N) is 3. The average Bonchev–Trinajstić information content (AvgIpc) is 3.30. The number of hydrogen-bond acceptors (Lipinski definition) is 5. The molecular formula is C23H22BrN3O2S.